The lowest BCUT2D eigenvalue weighted by molar-refractivity contribution is -0.150. The van der Waals surface area contributed by atoms with Crippen LogP contribution >= 0.6 is 0 Å². The molecule has 0 saturated heterocycles. The summed E-state index contributed by atoms with van der Waals surface area (Å²) >= 11 is 0. The molecule has 2 heteroatoms. The summed E-state index contributed by atoms with van der Waals surface area (Å²) in [7, 11) is 0. The lowest BCUT2D eigenvalue weighted by Crippen LogP contribution is -2.19. The molecule has 0 aromatic heterocycles. The number of hydrogen-bond donors (Lipinski definition) is 0. The third-order valence-electron chi connectivity index (χ3n) is 2.93. The zero-order valence-electron chi connectivity index (χ0n) is 11.0. The highest BCUT2D eigenvalue weighted by Crippen LogP contribution is 2.17. The molecule has 0 saturated carbocycles. The van der Waals surface area contributed by atoms with Crippen LogP contribution in [0.25, 0.3) is 0 Å². The van der Waals surface area contributed by atoms with Gasteiger partial charge in [0.1, 0.15) is 0 Å². The molecular weight excluding hydrogens is 212 g/mol. The van der Waals surface area contributed by atoms with E-state index < -0.39 is 0 Å². The van der Waals surface area contributed by atoms with Gasteiger partial charge in [-0.05, 0) is 25.8 Å². The van der Waals surface area contributed by atoms with E-state index in [-0.39, 0.29) is 18.0 Å². The van der Waals surface area contributed by atoms with E-state index in [1.54, 1.807) is 0 Å². The lowest BCUT2D eigenvalue weighted by atomic mass is 10.0. The van der Waals surface area contributed by atoms with Gasteiger partial charge in [0.15, 0.2) is 0 Å². The van der Waals surface area contributed by atoms with Crippen molar-refractivity contribution in [3.63, 3.8) is 0 Å². The van der Waals surface area contributed by atoms with Crippen LogP contribution in [0.5, 0.6) is 0 Å². The Balaban J connectivity index is 2.47. The summed E-state index contributed by atoms with van der Waals surface area (Å²) in [5.74, 6) is -0.305. The van der Waals surface area contributed by atoms with Crippen LogP contribution in [0.3, 0.4) is 0 Å². The Morgan fingerprint density at radius 2 is 1.88 bits per heavy atom. The Bertz CT molecular complexity index is 332. The van der Waals surface area contributed by atoms with E-state index >= 15 is 0 Å². The van der Waals surface area contributed by atoms with Crippen LogP contribution in [0.4, 0.5) is 0 Å². The number of hydrogen-bond acceptors (Lipinski definition) is 2. The first-order valence-electron chi connectivity index (χ1n) is 6.40. The molecule has 0 aliphatic heterocycles. The molecule has 1 rings (SSSR count). The average molecular weight is 234 g/mol. The van der Waals surface area contributed by atoms with Crippen LogP contribution in [0.15, 0.2) is 30.3 Å². The molecule has 0 N–H and O–H groups in total. The van der Waals surface area contributed by atoms with Crippen molar-refractivity contribution in [1.82, 2.24) is 0 Å². The zero-order chi connectivity index (χ0) is 12.7. The summed E-state index contributed by atoms with van der Waals surface area (Å²) in [4.78, 5) is 11.9. The van der Waals surface area contributed by atoms with Gasteiger partial charge in [0, 0.05) is 0 Å². The fourth-order valence-electron chi connectivity index (χ4n) is 1.73. The van der Waals surface area contributed by atoms with Crippen molar-refractivity contribution in [3.8, 4) is 0 Å². The van der Waals surface area contributed by atoms with Gasteiger partial charge >= 0.3 is 5.97 Å². The van der Waals surface area contributed by atoms with Crippen molar-refractivity contribution in [2.75, 3.05) is 0 Å². The molecular formula is C15H22O2. The van der Waals surface area contributed by atoms with Crippen LogP contribution in [-0.2, 0) is 9.53 Å². The number of ether oxygens (including phenoxy) is 1. The number of esters is 1. The minimum atomic E-state index is -0.180. The van der Waals surface area contributed by atoms with Gasteiger partial charge in [-0.15, -0.1) is 0 Å². The van der Waals surface area contributed by atoms with Crippen molar-refractivity contribution in [1.29, 1.82) is 0 Å². The standard InChI is InChI=1S/C15H22O2/c1-4-5-9-12(2)17-15(16)13(3)14-10-7-6-8-11-14/h6-8,10-13H,4-5,9H2,1-3H3/t12-,13+/m0/s1. The fraction of sp³-hybridized carbons (Fsp3) is 0.533. The van der Waals surface area contributed by atoms with Crippen LogP contribution in [-0.4, -0.2) is 12.1 Å². The van der Waals surface area contributed by atoms with E-state index in [0.29, 0.717) is 0 Å². The second-order valence-electron chi connectivity index (χ2n) is 4.52. The topological polar surface area (TPSA) is 26.3 Å². The fourth-order valence-corrected chi connectivity index (χ4v) is 1.73. The SMILES string of the molecule is CCCC[C@H](C)OC(=O)[C@H](C)c1ccccc1. The Hall–Kier alpha value is -1.31. The van der Waals surface area contributed by atoms with Gasteiger partial charge in [-0.3, -0.25) is 4.79 Å². The summed E-state index contributed by atoms with van der Waals surface area (Å²) < 4.78 is 5.43. The molecule has 0 spiro atoms. The van der Waals surface area contributed by atoms with Crippen LogP contribution in [0, 0.1) is 0 Å². The smallest absolute Gasteiger partial charge is 0.313 e. The van der Waals surface area contributed by atoms with Crippen molar-refractivity contribution < 1.29 is 9.53 Å². The highest BCUT2D eigenvalue weighted by atomic mass is 16.5. The molecule has 2 atom stereocenters. The minimum absolute atomic E-state index is 0.0219. The van der Waals surface area contributed by atoms with E-state index in [9.17, 15) is 4.79 Å². The van der Waals surface area contributed by atoms with Gasteiger partial charge < -0.3 is 4.74 Å². The van der Waals surface area contributed by atoms with E-state index in [1.165, 1.54) is 0 Å². The van der Waals surface area contributed by atoms with E-state index in [2.05, 4.69) is 6.92 Å². The van der Waals surface area contributed by atoms with Crippen molar-refractivity contribution in [2.45, 2.75) is 52.1 Å². The highest BCUT2D eigenvalue weighted by molar-refractivity contribution is 5.77. The maximum atomic E-state index is 11.9. The van der Waals surface area contributed by atoms with Gasteiger partial charge in [-0.1, -0.05) is 50.1 Å². The maximum Gasteiger partial charge on any atom is 0.313 e. The zero-order valence-corrected chi connectivity index (χ0v) is 11.0. The molecule has 0 aliphatic rings. The number of carbonyl (C=O) groups is 1. The first kappa shape index (κ1) is 13.8. The monoisotopic (exact) mass is 234 g/mol. The van der Waals surface area contributed by atoms with Crippen molar-refractivity contribution >= 4 is 5.97 Å². The first-order chi connectivity index (χ1) is 8.15. The number of unbranched alkanes of at least 4 members (excludes halogenated alkanes) is 1. The molecule has 0 unspecified atom stereocenters. The average Bonchev–Trinajstić information content (AvgIpc) is 2.36. The molecule has 1 aromatic rings. The van der Waals surface area contributed by atoms with Gasteiger partial charge in [0.2, 0.25) is 0 Å². The maximum absolute atomic E-state index is 11.9. The van der Waals surface area contributed by atoms with E-state index in [4.69, 9.17) is 4.74 Å². The normalized spacial score (nSPS) is 14.1. The highest BCUT2D eigenvalue weighted by Gasteiger charge is 2.18. The molecule has 17 heavy (non-hydrogen) atoms. The quantitative estimate of drug-likeness (QED) is 0.697. The third kappa shape index (κ3) is 4.59. The molecule has 0 radical (unpaired) electrons. The number of rotatable bonds is 6. The summed E-state index contributed by atoms with van der Waals surface area (Å²) in [6.45, 7) is 6.00. The molecule has 94 valence electrons. The molecule has 0 amide bonds. The molecule has 1 aromatic carbocycles. The Morgan fingerprint density at radius 3 is 2.47 bits per heavy atom. The minimum Gasteiger partial charge on any atom is -0.462 e. The lowest BCUT2D eigenvalue weighted by Gasteiger charge is -2.16. The molecule has 0 aliphatic carbocycles. The Morgan fingerprint density at radius 1 is 1.24 bits per heavy atom. The Kier molecular flexibility index (Phi) is 5.75. The van der Waals surface area contributed by atoms with Gasteiger partial charge in [-0.25, -0.2) is 0 Å². The summed E-state index contributed by atoms with van der Waals surface area (Å²) in [5.41, 5.74) is 1.01. The van der Waals surface area contributed by atoms with Crippen LogP contribution in [0.2, 0.25) is 0 Å². The van der Waals surface area contributed by atoms with E-state index in [1.807, 2.05) is 44.2 Å². The molecule has 0 heterocycles. The van der Waals surface area contributed by atoms with Gasteiger partial charge in [-0.2, -0.15) is 0 Å². The second-order valence-corrected chi connectivity index (χ2v) is 4.52. The largest absolute Gasteiger partial charge is 0.462 e. The summed E-state index contributed by atoms with van der Waals surface area (Å²) in [6, 6.07) is 9.76. The Labute approximate surface area is 104 Å². The van der Waals surface area contributed by atoms with Crippen molar-refractivity contribution in [3.05, 3.63) is 35.9 Å². The summed E-state index contributed by atoms with van der Waals surface area (Å²) in [5, 5.41) is 0. The predicted molar refractivity (Wildman–Crippen MR) is 69.9 cm³/mol. The second kappa shape index (κ2) is 7.10. The van der Waals surface area contributed by atoms with Gasteiger partial charge in [0.25, 0.3) is 0 Å². The molecule has 0 fully saturated rings. The third-order valence-corrected chi connectivity index (χ3v) is 2.93. The predicted octanol–water partition coefficient (Wildman–Crippen LogP) is 3.91. The van der Waals surface area contributed by atoms with Gasteiger partial charge in [0.05, 0.1) is 12.0 Å². The van der Waals surface area contributed by atoms with E-state index in [0.717, 1.165) is 24.8 Å². The molecule has 0 bridgehead atoms. The first-order valence-corrected chi connectivity index (χ1v) is 6.40. The van der Waals surface area contributed by atoms with Crippen LogP contribution in [0.1, 0.15) is 51.5 Å². The van der Waals surface area contributed by atoms with Crippen LogP contribution < -0.4 is 0 Å². The molecule has 2 nitrogen and oxygen atoms in total. The summed E-state index contributed by atoms with van der Waals surface area (Å²) in [6.07, 6.45) is 3.21. The number of carbonyl (C=O) groups excluding carboxylic acids is 1. The number of benzene rings is 1. The van der Waals surface area contributed by atoms with Crippen molar-refractivity contribution in [2.24, 2.45) is 0 Å².